The number of allylic oxidation sites excluding steroid dienone is 2. The van der Waals surface area contributed by atoms with Crippen molar-refractivity contribution in [2.24, 2.45) is 0 Å². The van der Waals surface area contributed by atoms with Crippen LogP contribution < -0.4 is 0 Å². The van der Waals surface area contributed by atoms with Crippen molar-refractivity contribution in [2.75, 3.05) is 20.8 Å². The van der Waals surface area contributed by atoms with Gasteiger partial charge in [-0.1, -0.05) is 6.08 Å². The number of amides is 1. The Hall–Kier alpha value is -2.64. The van der Waals surface area contributed by atoms with Gasteiger partial charge in [0.05, 0.1) is 26.9 Å². The van der Waals surface area contributed by atoms with E-state index < -0.39 is 18.3 Å². The van der Waals surface area contributed by atoms with E-state index in [-0.39, 0.29) is 24.6 Å². The lowest BCUT2D eigenvalue weighted by molar-refractivity contribution is -0.113. The Labute approximate surface area is 134 Å². The Bertz CT molecular complexity index is 496. The summed E-state index contributed by atoms with van der Waals surface area (Å²) in [5, 5.41) is 0. The third-order valence-corrected chi connectivity index (χ3v) is 2.57. The van der Waals surface area contributed by atoms with Crippen LogP contribution in [0, 0.1) is 0 Å². The smallest absolute Gasteiger partial charge is 0.452 e. The van der Waals surface area contributed by atoms with Crippen LogP contribution in [0.3, 0.4) is 0 Å². The molecule has 0 heterocycles. The third kappa shape index (κ3) is 9.07. The molecule has 0 aliphatic carbocycles. The number of ether oxygens (including phenoxy) is 3. The Morgan fingerprint density at radius 2 is 1.61 bits per heavy atom. The largest absolute Gasteiger partial charge is 0.507 e. The average molecular weight is 327 g/mol. The monoisotopic (exact) mass is 327 g/mol. The summed E-state index contributed by atoms with van der Waals surface area (Å²) in [5.41, 5.74) is 0. The van der Waals surface area contributed by atoms with E-state index in [0.29, 0.717) is 0 Å². The van der Waals surface area contributed by atoms with Gasteiger partial charge in [-0.15, -0.1) is 0 Å². The second kappa shape index (κ2) is 11.0. The first-order valence-corrected chi connectivity index (χ1v) is 6.76. The number of rotatable bonds is 8. The first kappa shape index (κ1) is 20.4. The first-order valence-electron chi connectivity index (χ1n) is 6.76. The van der Waals surface area contributed by atoms with Crippen molar-refractivity contribution in [2.45, 2.75) is 26.3 Å². The highest BCUT2D eigenvalue weighted by atomic mass is 16.7. The highest BCUT2D eigenvalue weighted by Crippen LogP contribution is 2.11. The second-order valence-electron chi connectivity index (χ2n) is 4.43. The molecule has 1 unspecified atom stereocenters. The van der Waals surface area contributed by atoms with Crippen molar-refractivity contribution in [1.29, 1.82) is 0 Å². The van der Waals surface area contributed by atoms with Crippen LogP contribution in [0.4, 0.5) is 9.59 Å². The molecule has 128 valence electrons. The maximum Gasteiger partial charge on any atom is 0.507 e. The van der Waals surface area contributed by atoms with Gasteiger partial charge in [0, 0.05) is 12.6 Å². The highest BCUT2D eigenvalue weighted by Gasteiger charge is 2.21. The molecule has 1 atom stereocenters. The Kier molecular flexibility index (Phi) is 9.74. The summed E-state index contributed by atoms with van der Waals surface area (Å²) in [7, 11) is 2.36. The van der Waals surface area contributed by atoms with E-state index >= 15 is 0 Å². The van der Waals surface area contributed by atoms with Gasteiger partial charge in [-0.2, -0.15) is 0 Å². The van der Waals surface area contributed by atoms with Crippen LogP contribution in [-0.2, 0) is 23.8 Å². The summed E-state index contributed by atoms with van der Waals surface area (Å²) in [6, 6.07) is -0.647. The molecular weight excluding hydrogens is 306 g/mol. The topological polar surface area (TPSA) is 99.2 Å². The molecule has 8 heteroatoms. The van der Waals surface area contributed by atoms with Gasteiger partial charge < -0.3 is 14.2 Å². The minimum atomic E-state index is -0.858. The van der Waals surface area contributed by atoms with Crippen molar-refractivity contribution in [3.8, 4) is 0 Å². The van der Waals surface area contributed by atoms with Gasteiger partial charge in [-0.3, -0.25) is 14.5 Å². The maximum atomic E-state index is 11.9. The van der Waals surface area contributed by atoms with Crippen molar-refractivity contribution in [3.63, 3.8) is 0 Å². The number of methoxy groups -OCH3 is 2. The standard InChI is InChI=1S/C15H21NO7/c1-11(17)5-6-13(8-10-23-15(20)22-4)16(14(19)21-3)9-7-12(2)18/h5-7,9,13H,8,10H2,1-4H3/b6-5+,9-7+. The lowest BCUT2D eigenvalue weighted by atomic mass is 10.1. The highest BCUT2D eigenvalue weighted by molar-refractivity contribution is 5.88. The first-order chi connectivity index (χ1) is 10.8. The molecule has 0 saturated heterocycles. The molecule has 0 rings (SSSR count). The van der Waals surface area contributed by atoms with E-state index in [1.54, 1.807) is 0 Å². The van der Waals surface area contributed by atoms with Gasteiger partial charge in [0.1, 0.15) is 0 Å². The van der Waals surface area contributed by atoms with E-state index in [0.717, 1.165) is 4.90 Å². The van der Waals surface area contributed by atoms with Crippen LogP contribution in [0.2, 0.25) is 0 Å². The molecule has 0 aromatic heterocycles. The Morgan fingerprint density at radius 1 is 1.00 bits per heavy atom. The number of hydrogen-bond donors (Lipinski definition) is 0. The summed E-state index contributed by atoms with van der Waals surface area (Å²) in [5.74, 6) is -0.483. The lowest BCUT2D eigenvalue weighted by Gasteiger charge is -2.25. The molecule has 0 fully saturated rings. The predicted octanol–water partition coefficient (Wildman–Crippen LogP) is 1.84. The Morgan fingerprint density at radius 3 is 2.09 bits per heavy atom. The third-order valence-electron chi connectivity index (χ3n) is 2.57. The van der Waals surface area contributed by atoms with Crippen molar-refractivity contribution < 1.29 is 33.4 Å². The lowest BCUT2D eigenvalue weighted by Crippen LogP contribution is -2.36. The molecule has 0 aromatic rings. The number of carbonyl (C=O) groups is 4. The Balaban J connectivity index is 5.20. The van der Waals surface area contributed by atoms with Crippen LogP contribution in [0.25, 0.3) is 0 Å². The van der Waals surface area contributed by atoms with Crippen LogP contribution in [0.5, 0.6) is 0 Å². The molecule has 0 N–H and O–H groups in total. The number of hydrogen-bond acceptors (Lipinski definition) is 7. The van der Waals surface area contributed by atoms with Crippen molar-refractivity contribution in [1.82, 2.24) is 4.90 Å². The van der Waals surface area contributed by atoms with Crippen LogP contribution in [0.15, 0.2) is 24.4 Å². The average Bonchev–Trinajstić information content (AvgIpc) is 2.50. The molecule has 0 radical (unpaired) electrons. The van der Waals surface area contributed by atoms with Crippen LogP contribution in [0.1, 0.15) is 20.3 Å². The summed E-state index contributed by atoms with van der Waals surface area (Å²) in [6.45, 7) is 2.63. The SMILES string of the molecule is COC(=O)OCCC(/C=C/C(C)=O)N(/C=C/C(C)=O)C(=O)OC. The van der Waals surface area contributed by atoms with Crippen molar-refractivity contribution in [3.05, 3.63) is 24.4 Å². The van der Waals surface area contributed by atoms with Crippen molar-refractivity contribution >= 4 is 23.8 Å². The summed E-state index contributed by atoms with van der Waals surface area (Å²) in [4.78, 5) is 46.1. The second-order valence-corrected chi connectivity index (χ2v) is 4.43. The molecule has 1 amide bonds. The molecule has 23 heavy (non-hydrogen) atoms. The van der Waals surface area contributed by atoms with E-state index in [2.05, 4.69) is 9.47 Å². The van der Waals surface area contributed by atoms with E-state index in [1.807, 2.05) is 0 Å². The predicted molar refractivity (Wildman–Crippen MR) is 80.6 cm³/mol. The van der Waals surface area contributed by atoms with Crippen LogP contribution >= 0.6 is 0 Å². The minimum Gasteiger partial charge on any atom is -0.452 e. The number of nitrogens with zero attached hydrogens (tertiary/aromatic N) is 1. The zero-order valence-corrected chi connectivity index (χ0v) is 13.6. The van der Waals surface area contributed by atoms with E-state index in [9.17, 15) is 19.2 Å². The molecule has 0 bridgehead atoms. The summed E-state index contributed by atoms with van der Waals surface area (Å²) >= 11 is 0. The fraction of sp³-hybridized carbons (Fsp3) is 0.467. The van der Waals surface area contributed by atoms with Gasteiger partial charge in [-0.25, -0.2) is 9.59 Å². The zero-order chi connectivity index (χ0) is 17.8. The molecule has 0 aliphatic heterocycles. The minimum absolute atomic E-state index is 0.0546. The molecule has 0 spiro atoms. The van der Waals surface area contributed by atoms with Gasteiger partial charge in [0.25, 0.3) is 0 Å². The maximum absolute atomic E-state index is 11.9. The van der Waals surface area contributed by atoms with E-state index in [4.69, 9.17) is 4.74 Å². The van der Waals surface area contributed by atoms with E-state index in [1.165, 1.54) is 52.5 Å². The van der Waals surface area contributed by atoms with Gasteiger partial charge in [-0.05, 0) is 26.0 Å². The summed E-state index contributed by atoms with van der Waals surface area (Å²) in [6.07, 6.45) is 3.77. The van der Waals surface area contributed by atoms with Gasteiger partial charge in [0.2, 0.25) is 0 Å². The number of carbonyl (C=O) groups excluding carboxylic acids is 4. The quantitative estimate of drug-likeness (QED) is 0.495. The molecule has 8 nitrogen and oxygen atoms in total. The van der Waals surface area contributed by atoms with Gasteiger partial charge >= 0.3 is 12.2 Å². The van der Waals surface area contributed by atoms with Gasteiger partial charge in [0.15, 0.2) is 11.6 Å². The normalized spacial score (nSPS) is 12.0. The fourth-order valence-electron chi connectivity index (χ4n) is 1.49. The molecular formula is C15H21NO7. The zero-order valence-electron chi connectivity index (χ0n) is 13.6. The fourth-order valence-corrected chi connectivity index (χ4v) is 1.49. The van der Waals surface area contributed by atoms with Crippen LogP contribution in [-0.4, -0.2) is 55.6 Å². The summed E-state index contributed by atoms with van der Waals surface area (Å²) < 4.78 is 13.8. The molecule has 0 aliphatic rings. The number of ketones is 2. The molecule has 0 saturated carbocycles. The molecule has 0 aromatic carbocycles.